The first-order valence-corrected chi connectivity index (χ1v) is 8.94. The third-order valence-electron chi connectivity index (χ3n) is 2.35. The van der Waals surface area contributed by atoms with Gasteiger partial charge < -0.3 is 34.1 Å². The average molecular weight is 380 g/mol. The van der Waals surface area contributed by atoms with Crippen LogP contribution in [0.4, 0.5) is 0 Å². The average Bonchev–Trinajstić information content (AvgIpc) is 2.42. The molecule has 0 saturated heterocycles. The summed E-state index contributed by atoms with van der Waals surface area (Å²) >= 11 is 0. The van der Waals surface area contributed by atoms with Crippen molar-refractivity contribution in [3.05, 3.63) is 0 Å². The molecular weight excluding hydrogens is 344 g/mol. The molecule has 0 atom stereocenters. The molecule has 0 aliphatic heterocycles. The van der Waals surface area contributed by atoms with Gasteiger partial charge in [-0.2, -0.15) is 0 Å². The molecule has 0 aliphatic carbocycles. The van der Waals surface area contributed by atoms with Gasteiger partial charge in [0.2, 0.25) is 0 Å². The molecule has 0 aliphatic rings. The summed E-state index contributed by atoms with van der Waals surface area (Å²) in [4.78, 5) is 10.2. The van der Waals surface area contributed by atoms with Crippen LogP contribution in [0, 0.1) is 0 Å². The fourth-order valence-electron chi connectivity index (χ4n) is 1.16. The minimum Gasteiger partial charge on any atom is -0.412 e. The zero-order valence-electron chi connectivity index (χ0n) is 14.5. The number of hydrogen-bond donors (Lipinski definition) is 2. The molecule has 0 aromatic carbocycles. The number of unbranched alkanes of at least 4 members (excludes halogenated alkanes) is 3. The van der Waals surface area contributed by atoms with Crippen molar-refractivity contribution >= 4 is 9.05 Å². The molecule has 0 spiro atoms. The van der Waals surface area contributed by atoms with Gasteiger partial charge in [0, 0.05) is 48.6 Å². The van der Waals surface area contributed by atoms with Crippen molar-refractivity contribution in [3.63, 3.8) is 0 Å². The Kier molecular flexibility index (Phi) is 41.1. The number of hydrogen-bond acceptors (Lipinski definition) is 5. The van der Waals surface area contributed by atoms with Crippen LogP contribution in [0.2, 0.25) is 0 Å². The van der Waals surface area contributed by atoms with Crippen LogP contribution in [-0.4, -0.2) is 56.8 Å². The Bertz CT molecular complexity index is 152. The smallest absolute Gasteiger partial charge is 0.412 e. The summed E-state index contributed by atoms with van der Waals surface area (Å²) in [6, 6.07) is 0. The molecule has 138 valence electrons. The monoisotopic (exact) mass is 380 g/mol. The van der Waals surface area contributed by atoms with Crippen LogP contribution in [0.3, 0.4) is 0 Å². The van der Waals surface area contributed by atoms with E-state index in [4.69, 9.17) is 18.4 Å². The molecule has 0 amide bonds. The summed E-state index contributed by atoms with van der Waals surface area (Å²) in [7, 11) is -2.36. The molecule has 22 heavy (non-hydrogen) atoms. The van der Waals surface area contributed by atoms with Gasteiger partial charge in [0.1, 0.15) is 0 Å². The van der Waals surface area contributed by atoms with Crippen LogP contribution < -0.4 is 0 Å². The van der Waals surface area contributed by atoms with Crippen LogP contribution in [-0.2, 0) is 35.0 Å². The molecule has 0 saturated carbocycles. The maximum atomic E-state index is 10.2. The largest absolute Gasteiger partial charge is 0.676 e. The van der Waals surface area contributed by atoms with Crippen LogP contribution >= 0.6 is 0 Å². The molecule has 0 radical (unpaired) electrons. The van der Waals surface area contributed by atoms with Crippen molar-refractivity contribution in [1.82, 2.24) is 0 Å². The molecule has 0 fully saturated rings. The molecular formula is C13H36O7SiTi. The van der Waals surface area contributed by atoms with Gasteiger partial charge in [-0.15, -0.1) is 0 Å². The third kappa shape index (κ3) is 22.9. The van der Waals surface area contributed by atoms with Crippen LogP contribution in [0.1, 0.15) is 59.3 Å². The van der Waals surface area contributed by atoms with Gasteiger partial charge in [0.05, 0.1) is 0 Å². The summed E-state index contributed by atoms with van der Waals surface area (Å²) in [6.07, 6.45) is 5.87. The zero-order valence-corrected chi connectivity index (χ0v) is 17.0. The van der Waals surface area contributed by atoms with Gasteiger partial charge >= 0.3 is 9.05 Å². The van der Waals surface area contributed by atoms with Crippen molar-refractivity contribution in [2.45, 2.75) is 59.3 Å². The Morgan fingerprint density at radius 2 is 0.909 bits per heavy atom. The zero-order chi connectivity index (χ0) is 15.0. The summed E-state index contributed by atoms with van der Waals surface area (Å²) < 4.78 is 16.2. The molecule has 0 unspecified atom stereocenters. The predicted molar refractivity (Wildman–Crippen MR) is 85.9 cm³/mol. The van der Waals surface area contributed by atoms with E-state index in [0.29, 0.717) is 19.8 Å². The van der Waals surface area contributed by atoms with E-state index in [1.54, 1.807) is 0 Å². The second-order valence-corrected chi connectivity index (χ2v) is 6.04. The first kappa shape index (κ1) is 34.1. The van der Waals surface area contributed by atoms with E-state index in [1.807, 2.05) is 0 Å². The molecule has 0 heterocycles. The molecule has 0 rings (SSSR count). The fraction of sp³-hybridized carbons (Fsp3) is 1.00. The van der Waals surface area contributed by atoms with E-state index < -0.39 is 9.05 Å². The quantitative estimate of drug-likeness (QED) is 0.382. The minimum atomic E-state index is -3.36. The number of aliphatic hydroxyl groups is 1. The summed E-state index contributed by atoms with van der Waals surface area (Å²) in [5.74, 6) is 0. The Hall–Kier alpha value is 0.651. The summed E-state index contributed by atoms with van der Waals surface area (Å²) in [6.45, 7) is 7.78. The fourth-order valence-corrected chi connectivity index (χ4v) is 2.62. The van der Waals surface area contributed by atoms with E-state index in [1.165, 1.54) is 0 Å². The Labute approximate surface area is 151 Å². The minimum absolute atomic E-state index is 0. The van der Waals surface area contributed by atoms with Gasteiger partial charge in [-0.1, -0.05) is 40.0 Å². The SMILES string of the molecule is CCCCO[Si](O)(OCCCC)OCCCC.CO.O.O.[Ti]. The van der Waals surface area contributed by atoms with Crippen LogP contribution in [0.5, 0.6) is 0 Å². The summed E-state index contributed by atoms with van der Waals surface area (Å²) in [5, 5.41) is 7.00. The van der Waals surface area contributed by atoms with Crippen molar-refractivity contribution in [2.75, 3.05) is 26.9 Å². The van der Waals surface area contributed by atoms with Gasteiger partial charge in [-0.05, 0) is 19.3 Å². The molecule has 0 bridgehead atoms. The topological polar surface area (TPSA) is 131 Å². The van der Waals surface area contributed by atoms with E-state index in [0.717, 1.165) is 45.6 Å². The molecule has 9 heteroatoms. The van der Waals surface area contributed by atoms with Gasteiger partial charge in [0.15, 0.2) is 0 Å². The normalized spacial score (nSPS) is 9.55. The Morgan fingerprint density at radius 3 is 1.09 bits per heavy atom. The number of aliphatic hydroxyl groups excluding tert-OH is 1. The maximum Gasteiger partial charge on any atom is 0.676 e. The summed E-state index contributed by atoms with van der Waals surface area (Å²) in [5.41, 5.74) is 0. The van der Waals surface area contributed by atoms with Crippen LogP contribution in [0.15, 0.2) is 0 Å². The Balaban J connectivity index is -0.000000184. The second-order valence-electron chi connectivity index (χ2n) is 4.13. The van der Waals surface area contributed by atoms with Gasteiger partial charge in [-0.25, -0.2) is 0 Å². The molecule has 7 nitrogen and oxygen atoms in total. The van der Waals surface area contributed by atoms with Gasteiger partial charge in [-0.3, -0.25) is 0 Å². The first-order valence-electron chi connectivity index (χ1n) is 7.27. The van der Waals surface area contributed by atoms with E-state index >= 15 is 0 Å². The van der Waals surface area contributed by atoms with E-state index in [2.05, 4.69) is 20.8 Å². The van der Waals surface area contributed by atoms with Crippen LogP contribution in [0.25, 0.3) is 0 Å². The molecule has 0 aromatic rings. The first-order chi connectivity index (χ1) is 9.18. The molecule has 0 aromatic heterocycles. The predicted octanol–water partition coefficient (Wildman–Crippen LogP) is 0.821. The Morgan fingerprint density at radius 1 is 0.682 bits per heavy atom. The number of rotatable bonds is 12. The maximum absolute atomic E-state index is 10.2. The van der Waals surface area contributed by atoms with Gasteiger partial charge in [0.25, 0.3) is 0 Å². The van der Waals surface area contributed by atoms with E-state index in [9.17, 15) is 4.80 Å². The van der Waals surface area contributed by atoms with Crippen molar-refractivity contribution in [3.8, 4) is 0 Å². The second kappa shape index (κ2) is 26.5. The van der Waals surface area contributed by atoms with E-state index in [-0.39, 0.29) is 32.7 Å². The van der Waals surface area contributed by atoms with Crippen molar-refractivity contribution in [1.29, 1.82) is 0 Å². The standard InChI is InChI=1S/C12H28O4Si.CH4O.2H2O.Ti/c1-4-7-10-14-17(13,15-11-8-5-2)16-12-9-6-3;1-2;;;/h13H,4-12H2,1-3H3;2H,1H3;2*1H2;. The van der Waals surface area contributed by atoms with Crippen molar-refractivity contribution in [2.24, 2.45) is 0 Å². The van der Waals surface area contributed by atoms with Crippen molar-refractivity contribution < 1.29 is 55.9 Å². The third-order valence-corrected chi connectivity index (χ3v) is 4.05. The molecule has 6 N–H and O–H groups in total.